The molecule has 0 aliphatic carbocycles. The molecular weight excluding hydrogens is 146 g/mol. The molecule has 0 aromatic rings. The average molecular weight is 160 g/mol. The van der Waals surface area contributed by atoms with Crippen molar-refractivity contribution in [2.24, 2.45) is 0 Å². The van der Waals surface area contributed by atoms with Crippen LogP contribution in [0.25, 0.3) is 0 Å². The van der Waals surface area contributed by atoms with Crippen molar-refractivity contribution in [1.29, 1.82) is 0 Å². The summed E-state index contributed by atoms with van der Waals surface area (Å²) in [7, 11) is 0. The highest BCUT2D eigenvalue weighted by Gasteiger charge is 1.74. The zero-order chi connectivity index (χ0) is 9.11. The van der Waals surface area contributed by atoms with Crippen LogP contribution in [0.1, 0.15) is 20.8 Å². The van der Waals surface area contributed by atoms with Crippen LogP contribution in [0, 0.1) is 0 Å². The maximum Gasteiger partial charge on any atom is 0.0896 e. The quantitative estimate of drug-likeness (QED) is 0.537. The van der Waals surface area contributed by atoms with E-state index in [2.05, 4.69) is 0 Å². The largest absolute Gasteiger partial charge is 0.216 e. The van der Waals surface area contributed by atoms with Crippen molar-refractivity contribution in [3.8, 4) is 0 Å². The Labute approximate surface area is 66.9 Å². The maximum atomic E-state index is 11.5. The van der Waals surface area contributed by atoms with Gasteiger partial charge in [-0.05, 0) is 18.6 Å². The number of allylic oxidation sites excluding steroid dienone is 4. The molecule has 0 rings (SSSR count). The SMILES string of the molecule is CC.CC(/C=C\C=C\F)=C\F. The summed E-state index contributed by atoms with van der Waals surface area (Å²) in [5.74, 6) is 0. The summed E-state index contributed by atoms with van der Waals surface area (Å²) >= 11 is 0. The van der Waals surface area contributed by atoms with Crippen LogP contribution in [0.3, 0.4) is 0 Å². The molecule has 0 radical (unpaired) electrons. The van der Waals surface area contributed by atoms with E-state index < -0.39 is 0 Å². The minimum Gasteiger partial charge on any atom is -0.216 e. The first-order valence-corrected chi connectivity index (χ1v) is 3.51. The average Bonchev–Trinajstić information content (AvgIpc) is 2.08. The summed E-state index contributed by atoms with van der Waals surface area (Å²) in [4.78, 5) is 0. The van der Waals surface area contributed by atoms with E-state index >= 15 is 0 Å². The summed E-state index contributed by atoms with van der Waals surface area (Å²) in [5.41, 5.74) is 0.466. The first-order valence-electron chi connectivity index (χ1n) is 3.51. The maximum absolute atomic E-state index is 11.5. The molecule has 0 aliphatic heterocycles. The number of halogens is 2. The Hall–Kier alpha value is -0.920. The van der Waals surface area contributed by atoms with Crippen molar-refractivity contribution in [2.45, 2.75) is 20.8 Å². The van der Waals surface area contributed by atoms with E-state index in [1.807, 2.05) is 13.8 Å². The van der Waals surface area contributed by atoms with E-state index in [1.54, 1.807) is 6.92 Å². The molecule has 11 heavy (non-hydrogen) atoms. The first-order chi connectivity index (χ1) is 5.31. The first kappa shape index (κ1) is 12.7. The minimum absolute atomic E-state index is 0.391. The van der Waals surface area contributed by atoms with Crippen LogP contribution in [-0.2, 0) is 0 Å². The standard InChI is InChI=1S/C7H8F2.C2H6/c1-7(6-9)4-2-3-5-8;1-2/h2-6H,1H3;1-2H3/b4-2-,5-3+,7-6+;. The molecule has 0 saturated carbocycles. The van der Waals surface area contributed by atoms with Crippen LogP contribution in [0.15, 0.2) is 36.5 Å². The van der Waals surface area contributed by atoms with E-state index in [0.717, 1.165) is 0 Å². The molecule has 0 amide bonds. The minimum atomic E-state index is 0.391. The molecule has 0 aliphatic rings. The molecule has 2 heteroatoms. The Bertz CT molecular complexity index is 144. The fourth-order valence-electron chi connectivity index (χ4n) is 0.286. The molecule has 0 unspecified atom stereocenters. The molecule has 0 bridgehead atoms. The van der Waals surface area contributed by atoms with Gasteiger partial charge in [-0.25, -0.2) is 8.78 Å². The van der Waals surface area contributed by atoms with E-state index in [4.69, 9.17) is 0 Å². The third kappa shape index (κ3) is 12.3. The molecule has 0 atom stereocenters. The number of rotatable bonds is 2. The van der Waals surface area contributed by atoms with Crippen LogP contribution in [0.4, 0.5) is 8.78 Å². The Balaban J connectivity index is 0. The number of hydrogen-bond acceptors (Lipinski definition) is 0. The molecule has 0 spiro atoms. The predicted molar refractivity (Wildman–Crippen MR) is 45.6 cm³/mol. The lowest BCUT2D eigenvalue weighted by Gasteiger charge is -1.80. The van der Waals surface area contributed by atoms with Gasteiger partial charge in [0, 0.05) is 0 Å². The second-order valence-corrected chi connectivity index (χ2v) is 1.53. The van der Waals surface area contributed by atoms with E-state index in [-0.39, 0.29) is 0 Å². The van der Waals surface area contributed by atoms with Crippen molar-refractivity contribution in [3.63, 3.8) is 0 Å². The molecular formula is C9H14F2. The second kappa shape index (κ2) is 11.8. The summed E-state index contributed by atoms with van der Waals surface area (Å²) < 4.78 is 22.7. The van der Waals surface area contributed by atoms with Gasteiger partial charge in [-0.15, -0.1) is 0 Å². The summed E-state index contributed by atoms with van der Waals surface area (Å²) in [6.45, 7) is 5.59. The van der Waals surface area contributed by atoms with Gasteiger partial charge in [0.05, 0.1) is 12.7 Å². The monoisotopic (exact) mass is 160 g/mol. The molecule has 0 fully saturated rings. The smallest absolute Gasteiger partial charge is 0.0896 e. The van der Waals surface area contributed by atoms with Gasteiger partial charge in [0.2, 0.25) is 0 Å². The van der Waals surface area contributed by atoms with Crippen molar-refractivity contribution < 1.29 is 8.78 Å². The van der Waals surface area contributed by atoms with Crippen LogP contribution >= 0.6 is 0 Å². The van der Waals surface area contributed by atoms with Gasteiger partial charge >= 0.3 is 0 Å². The molecule has 0 heterocycles. The summed E-state index contributed by atoms with van der Waals surface area (Å²) in [5, 5.41) is 0. The lowest BCUT2D eigenvalue weighted by molar-refractivity contribution is 0.713. The Morgan fingerprint density at radius 2 is 1.64 bits per heavy atom. The summed E-state index contributed by atoms with van der Waals surface area (Å²) in [6.07, 6.45) is 4.93. The van der Waals surface area contributed by atoms with Gasteiger partial charge in [0.15, 0.2) is 0 Å². The van der Waals surface area contributed by atoms with Crippen LogP contribution < -0.4 is 0 Å². The van der Waals surface area contributed by atoms with Crippen molar-refractivity contribution in [1.82, 2.24) is 0 Å². The van der Waals surface area contributed by atoms with Gasteiger partial charge in [-0.3, -0.25) is 0 Å². The van der Waals surface area contributed by atoms with Crippen LogP contribution in [-0.4, -0.2) is 0 Å². The number of hydrogen-bond donors (Lipinski definition) is 0. The third-order valence-electron chi connectivity index (χ3n) is 0.715. The van der Waals surface area contributed by atoms with Gasteiger partial charge in [-0.2, -0.15) is 0 Å². The van der Waals surface area contributed by atoms with E-state index in [0.29, 0.717) is 18.2 Å². The van der Waals surface area contributed by atoms with Crippen molar-refractivity contribution in [3.05, 3.63) is 36.5 Å². The normalized spacial score (nSPS) is 11.9. The van der Waals surface area contributed by atoms with Crippen LogP contribution in [0.2, 0.25) is 0 Å². The summed E-state index contributed by atoms with van der Waals surface area (Å²) in [6, 6.07) is 0. The highest BCUT2D eigenvalue weighted by Crippen LogP contribution is 1.94. The molecule has 0 aromatic heterocycles. The topological polar surface area (TPSA) is 0 Å². The Morgan fingerprint density at radius 1 is 1.09 bits per heavy atom. The molecule has 0 N–H and O–H groups in total. The molecule has 64 valence electrons. The van der Waals surface area contributed by atoms with Gasteiger partial charge in [0.1, 0.15) is 0 Å². The third-order valence-corrected chi connectivity index (χ3v) is 0.715. The fraction of sp³-hybridized carbons (Fsp3) is 0.333. The fourth-order valence-corrected chi connectivity index (χ4v) is 0.286. The van der Waals surface area contributed by atoms with E-state index in [1.165, 1.54) is 18.2 Å². The Morgan fingerprint density at radius 3 is 2.00 bits per heavy atom. The molecule has 0 aromatic carbocycles. The van der Waals surface area contributed by atoms with Gasteiger partial charge in [-0.1, -0.05) is 26.0 Å². The lowest BCUT2D eigenvalue weighted by atomic mass is 10.3. The zero-order valence-corrected chi connectivity index (χ0v) is 7.14. The van der Waals surface area contributed by atoms with E-state index in [9.17, 15) is 8.78 Å². The van der Waals surface area contributed by atoms with Crippen molar-refractivity contribution in [2.75, 3.05) is 0 Å². The predicted octanol–water partition coefficient (Wildman–Crippen LogP) is 3.93. The Kier molecular flexibility index (Phi) is 13.7. The van der Waals surface area contributed by atoms with Gasteiger partial charge in [0.25, 0.3) is 0 Å². The van der Waals surface area contributed by atoms with Crippen molar-refractivity contribution >= 4 is 0 Å². The highest BCUT2D eigenvalue weighted by atomic mass is 19.1. The lowest BCUT2D eigenvalue weighted by Crippen LogP contribution is -1.60. The molecule has 0 saturated heterocycles. The highest BCUT2D eigenvalue weighted by molar-refractivity contribution is 5.17. The zero-order valence-electron chi connectivity index (χ0n) is 7.14. The second-order valence-electron chi connectivity index (χ2n) is 1.53. The van der Waals surface area contributed by atoms with Gasteiger partial charge < -0.3 is 0 Å². The molecule has 0 nitrogen and oxygen atoms in total. The van der Waals surface area contributed by atoms with Crippen LogP contribution in [0.5, 0.6) is 0 Å².